The Bertz CT molecular complexity index is 412. The van der Waals surface area contributed by atoms with E-state index in [4.69, 9.17) is 0 Å². The van der Waals surface area contributed by atoms with Crippen molar-refractivity contribution in [3.05, 3.63) is 33.8 Å². The zero-order valence-electron chi connectivity index (χ0n) is 9.66. The molecule has 1 fully saturated rings. The first-order valence-corrected chi connectivity index (χ1v) is 6.39. The fraction of sp³-hybridized carbons (Fsp3) is 0.462. The number of nitrogens with zero attached hydrogens (tertiary/aromatic N) is 1. The molecule has 1 amide bonds. The average Bonchev–Trinajstić information content (AvgIpc) is 3.00. The molecule has 86 valence electrons. The molecule has 1 aliphatic rings. The van der Waals surface area contributed by atoms with Crippen molar-refractivity contribution < 1.29 is 4.79 Å². The van der Waals surface area contributed by atoms with Gasteiger partial charge in [0.05, 0.1) is 5.56 Å². The number of carbonyl (C=O) groups excluding carboxylic acids is 1. The van der Waals surface area contributed by atoms with Gasteiger partial charge in [-0.2, -0.15) is 0 Å². The Kier molecular flexibility index (Phi) is 3.33. The Morgan fingerprint density at radius 2 is 2.19 bits per heavy atom. The molecule has 2 nitrogen and oxygen atoms in total. The molecule has 1 aromatic rings. The summed E-state index contributed by atoms with van der Waals surface area (Å²) in [6.45, 7) is 2.91. The van der Waals surface area contributed by atoms with Gasteiger partial charge >= 0.3 is 0 Å². The van der Waals surface area contributed by atoms with Gasteiger partial charge in [-0.15, -0.1) is 0 Å². The summed E-state index contributed by atoms with van der Waals surface area (Å²) in [4.78, 5) is 14.0. The van der Waals surface area contributed by atoms with Crippen LogP contribution in [0.25, 0.3) is 0 Å². The topological polar surface area (TPSA) is 20.3 Å². The molecule has 2 rings (SSSR count). The van der Waals surface area contributed by atoms with Crippen molar-refractivity contribution in [1.29, 1.82) is 0 Å². The highest BCUT2D eigenvalue weighted by Gasteiger charge is 2.25. The second-order valence-corrected chi connectivity index (χ2v) is 5.47. The number of hydrogen-bond acceptors (Lipinski definition) is 1. The van der Waals surface area contributed by atoms with Crippen LogP contribution < -0.4 is 0 Å². The van der Waals surface area contributed by atoms with Gasteiger partial charge < -0.3 is 4.90 Å². The fourth-order valence-electron chi connectivity index (χ4n) is 1.77. The predicted molar refractivity (Wildman–Crippen MR) is 68.6 cm³/mol. The number of halogens is 1. The number of benzene rings is 1. The van der Waals surface area contributed by atoms with Crippen LogP contribution in [0.2, 0.25) is 0 Å². The van der Waals surface area contributed by atoms with E-state index in [1.807, 2.05) is 37.1 Å². The van der Waals surface area contributed by atoms with Gasteiger partial charge in [0.1, 0.15) is 0 Å². The number of aryl methyl sites for hydroxylation is 1. The molecule has 0 aromatic heterocycles. The monoisotopic (exact) mass is 281 g/mol. The molecular formula is C13H16BrNO. The Labute approximate surface area is 105 Å². The number of hydrogen-bond donors (Lipinski definition) is 0. The number of carbonyl (C=O) groups is 1. The zero-order valence-corrected chi connectivity index (χ0v) is 11.3. The van der Waals surface area contributed by atoms with Crippen molar-refractivity contribution >= 4 is 21.8 Å². The first-order chi connectivity index (χ1) is 7.58. The molecule has 1 saturated carbocycles. The summed E-state index contributed by atoms with van der Waals surface area (Å²) in [5, 5.41) is 0. The van der Waals surface area contributed by atoms with E-state index in [1.54, 1.807) is 0 Å². The van der Waals surface area contributed by atoms with Crippen molar-refractivity contribution in [2.45, 2.75) is 19.8 Å². The Balaban J connectivity index is 2.12. The van der Waals surface area contributed by atoms with Crippen LogP contribution in [0.15, 0.2) is 22.7 Å². The molecular weight excluding hydrogens is 266 g/mol. The van der Waals surface area contributed by atoms with Crippen molar-refractivity contribution in [3.8, 4) is 0 Å². The zero-order chi connectivity index (χ0) is 11.7. The van der Waals surface area contributed by atoms with E-state index < -0.39 is 0 Å². The molecule has 0 atom stereocenters. The van der Waals surface area contributed by atoms with Crippen LogP contribution in [0, 0.1) is 12.8 Å². The highest BCUT2D eigenvalue weighted by Crippen LogP contribution is 2.30. The second-order valence-electron chi connectivity index (χ2n) is 4.61. The predicted octanol–water partition coefficient (Wildman–Crippen LogP) is 3.24. The summed E-state index contributed by atoms with van der Waals surface area (Å²) in [5.74, 6) is 0.844. The Morgan fingerprint density at radius 1 is 1.50 bits per heavy atom. The summed E-state index contributed by atoms with van der Waals surface area (Å²) >= 11 is 3.45. The van der Waals surface area contributed by atoms with Gasteiger partial charge in [0.15, 0.2) is 0 Å². The lowest BCUT2D eigenvalue weighted by molar-refractivity contribution is 0.0788. The molecule has 0 spiro atoms. The smallest absolute Gasteiger partial charge is 0.254 e. The van der Waals surface area contributed by atoms with Gasteiger partial charge in [-0.3, -0.25) is 4.79 Å². The van der Waals surface area contributed by atoms with E-state index in [2.05, 4.69) is 15.9 Å². The SMILES string of the molecule is Cc1ccc(C(=O)N(C)CC2CC2)c(Br)c1. The molecule has 0 radical (unpaired) electrons. The lowest BCUT2D eigenvalue weighted by atomic mass is 10.1. The summed E-state index contributed by atoms with van der Waals surface area (Å²) in [6.07, 6.45) is 2.54. The van der Waals surface area contributed by atoms with Crippen LogP contribution >= 0.6 is 15.9 Å². The lowest BCUT2D eigenvalue weighted by Crippen LogP contribution is -2.29. The summed E-state index contributed by atoms with van der Waals surface area (Å²) in [7, 11) is 1.88. The molecule has 0 saturated heterocycles. The minimum absolute atomic E-state index is 0.110. The second kappa shape index (κ2) is 4.58. The van der Waals surface area contributed by atoms with Gasteiger partial charge in [0, 0.05) is 18.1 Å². The van der Waals surface area contributed by atoms with Crippen molar-refractivity contribution in [2.75, 3.05) is 13.6 Å². The maximum atomic E-state index is 12.1. The van der Waals surface area contributed by atoms with Crippen LogP contribution in [0.3, 0.4) is 0 Å². The highest BCUT2D eigenvalue weighted by atomic mass is 79.9. The highest BCUT2D eigenvalue weighted by molar-refractivity contribution is 9.10. The standard InChI is InChI=1S/C13H16BrNO/c1-9-3-6-11(12(14)7-9)13(16)15(2)8-10-4-5-10/h3,6-7,10H,4-5,8H2,1-2H3. The molecule has 0 unspecified atom stereocenters. The van der Waals surface area contributed by atoms with Crippen LogP contribution in [0.1, 0.15) is 28.8 Å². The van der Waals surface area contributed by atoms with Crippen molar-refractivity contribution in [2.24, 2.45) is 5.92 Å². The molecule has 1 aromatic carbocycles. The quantitative estimate of drug-likeness (QED) is 0.833. The molecule has 0 bridgehead atoms. The maximum Gasteiger partial charge on any atom is 0.254 e. The normalized spacial score (nSPS) is 14.9. The van der Waals surface area contributed by atoms with Crippen molar-refractivity contribution in [3.63, 3.8) is 0 Å². The van der Waals surface area contributed by atoms with E-state index in [0.717, 1.165) is 28.1 Å². The summed E-state index contributed by atoms with van der Waals surface area (Å²) < 4.78 is 0.889. The molecule has 16 heavy (non-hydrogen) atoms. The van der Waals surface area contributed by atoms with E-state index >= 15 is 0 Å². The molecule has 3 heteroatoms. The number of amides is 1. The molecule has 0 N–H and O–H groups in total. The van der Waals surface area contributed by atoms with E-state index in [-0.39, 0.29) is 5.91 Å². The largest absolute Gasteiger partial charge is 0.341 e. The first-order valence-electron chi connectivity index (χ1n) is 5.59. The van der Waals surface area contributed by atoms with Gasteiger partial charge in [0.2, 0.25) is 0 Å². The van der Waals surface area contributed by atoms with Gasteiger partial charge in [-0.25, -0.2) is 0 Å². The molecule has 0 heterocycles. The average molecular weight is 282 g/mol. The third-order valence-corrected chi connectivity index (χ3v) is 3.59. The van der Waals surface area contributed by atoms with Gasteiger partial charge in [0.25, 0.3) is 5.91 Å². The summed E-state index contributed by atoms with van der Waals surface area (Å²) in [6, 6.07) is 5.85. The maximum absolute atomic E-state index is 12.1. The van der Waals surface area contributed by atoms with Crippen LogP contribution in [0.5, 0.6) is 0 Å². The Morgan fingerprint density at radius 3 is 2.75 bits per heavy atom. The Hall–Kier alpha value is -0.830. The minimum Gasteiger partial charge on any atom is -0.341 e. The molecule has 1 aliphatic carbocycles. The van der Waals surface area contributed by atoms with Crippen LogP contribution in [-0.4, -0.2) is 24.4 Å². The number of rotatable bonds is 3. The van der Waals surface area contributed by atoms with Gasteiger partial charge in [-0.05, 0) is 59.3 Å². The van der Waals surface area contributed by atoms with E-state index in [0.29, 0.717) is 0 Å². The van der Waals surface area contributed by atoms with Gasteiger partial charge in [-0.1, -0.05) is 6.07 Å². The lowest BCUT2D eigenvalue weighted by Gasteiger charge is -2.17. The van der Waals surface area contributed by atoms with Crippen LogP contribution in [-0.2, 0) is 0 Å². The third kappa shape index (κ3) is 2.64. The van der Waals surface area contributed by atoms with Crippen molar-refractivity contribution in [1.82, 2.24) is 4.90 Å². The minimum atomic E-state index is 0.110. The molecule has 0 aliphatic heterocycles. The fourth-order valence-corrected chi connectivity index (χ4v) is 2.43. The first kappa shape index (κ1) is 11.6. The van der Waals surface area contributed by atoms with E-state index in [1.165, 1.54) is 12.8 Å². The summed E-state index contributed by atoms with van der Waals surface area (Å²) in [5.41, 5.74) is 1.92. The third-order valence-electron chi connectivity index (χ3n) is 2.93. The van der Waals surface area contributed by atoms with Crippen LogP contribution in [0.4, 0.5) is 0 Å². The van der Waals surface area contributed by atoms with E-state index in [9.17, 15) is 4.79 Å².